The molecule has 2 heterocycles. The van der Waals surface area contributed by atoms with Crippen LogP contribution in [0.4, 0.5) is 0 Å². The fourth-order valence-corrected chi connectivity index (χ4v) is 1.64. The highest BCUT2D eigenvalue weighted by Gasteiger charge is 2.10. The molecule has 0 radical (unpaired) electrons. The van der Waals surface area contributed by atoms with E-state index in [1.54, 1.807) is 4.68 Å². The fourth-order valence-electron chi connectivity index (χ4n) is 1.64. The van der Waals surface area contributed by atoms with Crippen LogP contribution in [0.5, 0.6) is 0 Å². The average molecular weight is 217 g/mol. The molecule has 5 heteroatoms. The summed E-state index contributed by atoms with van der Waals surface area (Å²) in [6.07, 6.45) is 0. The van der Waals surface area contributed by atoms with Gasteiger partial charge in [0.2, 0.25) is 0 Å². The molecule has 0 aliphatic carbocycles. The molecule has 0 bridgehead atoms. The molecule has 2 aromatic heterocycles. The third kappa shape index (κ3) is 1.81. The van der Waals surface area contributed by atoms with E-state index in [0.29, 0.717) is 6.54 Å². The second-order valence-corrected chi connectivity index (χ2v) is 3.76. The van der Waals surface area contributed by atoms with Crippen LogP contribution in [0.2, 0.25) is 0 Å². The largest absolute Gasteiger partial charge is 0.326 e. The predicted molar refractivity (Wildman–Crippen MR) is 61.3 cm³/mol. The van der Waals surface area contributed by atoms with Crippen LogP contribution < -0.4 is 5.73 Å². The third-order valence-electron chi connectivity index (χ3n) is 2.39. The Hall–Kier alpha value is -1.75. The van der Waals surface area contributed by atoms with Gasteiger partial charge in [0, 0.05) is 17.8 Å². The zero-order chi connectivity index (χ0) is 11.7. The van der Waals surface area contributed by atoms with E-state index in [0.717, 1.165) is 28.7 Å². The van der Waals surface area contributed by atoms with Gasteiger partial charge in [0.1, 0.15) is 11.6 Å². The molecular weight excluding hydrogens is 202 g/mol. The minimum Gasteiger partial charge on any atom is -0.326 e. The van der Waals surface area contributed by atoms with Crippen LogP contribution in [0.3, 0.4) is 0 Å². The van der Waals surface area contributed by atoms with Gasteiger partial charge in [0.05, 0.1) is 0 Å². The molecule has 0 amide bonds. The first-order valence-electron chi connectivity index (χ1n) is 5.19. The highest BCUT2D eigenvalue weighted by atomic mass is 15.4. The van der Waals surface area contributed by atoms with Crippen molar-refractivity contribution in [2.45, 2.75) is 27.3 Å². The molecule has 0 aliphatic heterocycles. The molecule has 0 unspecified atom stereocenters. The molecule has 0 aliphatic rings. The predicted octanol–water partition coefficient (Wildman–Crippen LogP) is 1.05. The number of rotatable bonds is 2. The maximum Gasteiger partial charge on any atom is 0.160 e. The lowest BCUT2D eigenvalue weighted by Crippen LogP contribution is -2.10. The molecule has 0 aromatic carbocycles. The Labute approximate surface area is 94.3 Å². The van der Waals surface area contributed by atoms with Crippen molar-refractivity contribution >= 4 is 0 Å². The first-order chi connectivity index (χ1) is 7.61. The highest BCUT2D eigenvalue weighted by molar-refractivity contribution is 5.35. The first kappa shape index (κ1) is 10.8. The number of pyridine rings is 1. The second kappa shape index (κ2) is 4.02. The molecule has 2 N–H and O–H groups in total. The highest BCUT2D eigenvalue weighted by Crippen LogP contribution is 2.13. The van der Waals surface area contributed by atoms with E-state index < -0.39 is 0 Å². The topological polar surface area (TPSA) is 69.6 Å². The van der Waals surface area contributed by atoms with Crippen molar-refractivity contribution in [2.24, 2.45) is 5.73 Å². The van der Waals surface area contributed by atoms with E-state index in [4.69, 9.17) is 5.73 Å². The van der Waals surface area contributed by atoms with Crippen molar-refractivity contribution in [1.29, 1.82) is 0 Å². The molecule has 0 saturated heterocycles. The van der Waals surface area contributed by atoms with Gasteiger partial charge in [-0.05, 0) is 26.8 Å². The summed E-state index contributed by atoms with van der Waals surface area (Å²) in [6.45, 7) is 6.16. The van der Waals surface area contributed by atoms with Gasteiger partial charge >= 0.3 is 0 Å². The summed E-state index contributed by atoms with van der Waals surface area (Å²) >= 11 is 0. The summed E-state index contributed by atoms with van der Waals surface area (Å²) in [5.74, 6) is 2.34. The van der Waals surface area contributed by atoms with Crippen molar-refractivity contribution in [3.05, 3.63) is 35.0 Å². The Morgan fingerprint density at radius 3 is 2.50 bits per heavy atom. The minimum absolute atomic E-state index is 0.445. The van der Waals surface area contributed by atoms with Crippen LogP contribution >= 0.6 is 0 Å². The van der Waals surface area contributed by atoms with Gasteiger partial charge in [0.15, 0.2) is 5.82 Å². The molecule has 5 nitrogen and oxygen atoms in total. The lowest BCUT2D eigenvalue weighted by molar-refractivity contribution is 0.781. The van der Waals surface area contributed by atoms with Gasteiger partial charge < -0.3 is 5.73 Å². The number of hydrogen-bond acceptors (Lipinski definition) is 4. The molecular formula is C11H15N5. The van der Waals surface area contributed by atoms with Crippen LogP contribution in [0.15, 0.2) is 12.1 Å². The van der Waals surface area contributed by atoms with Gasteiger partial charge in [0.25, 0.3) is 0 Å². The number of aromatic nitrogens is 4. The molecule has 84 valence electrons. The minimum atomic E-state index is 0.445. The van der Waals surface area contributed by atoms with Gasteiger partial charge in [-0.25, -0.2) is 9.97 Å². The van der Waals surface area contributed by atoms with Crippen molar-refractivity contribution in [2.75, 3.05) is 0 Å². The van der Waals surface area contributed by atoms with Crippen molar-refractivity contribution in [1.82, 2.24) is 19.7 Å². The molecule has 0 spiro atoms. The average Bonchev–Trinajstić information content (AvgIpc) is 2.57. The van der Waals surface area contributed by atoms with Gasteiger partial charge in [-0.15, -0.1) is 5.10 Å². The Kier molecular flexibility index (Phi) is 2.70. The normalized spacial score (nSPS) is 10.8. The zero-order valence-corrected chi connectivity index (χ0v) is 9.73. The van der Waals surface area contributed by atoms with E-state index in [-0.39, 0.29) is 0 Å². The number of nitrogens with two attached hydrogens (primary N) is 1. The first-order valence-corrected chi connectivity index (χ1v) is 5.19. The number of aryl methyl sites for hydroxylation is 3. The zero-order valence-electron chi connectivity index (χ0n) is 9.73. The standard InChI is InChI=1S/C11H15N5/c1-7-4-5-10(6-12)11(13-7)16-9(3)14-8(2)15-16/h4-5H,6,12H2,1-3H3. The molecule has 2 rings (SSSR count). The van der Waals surface area contributed by atoms with E-state index >= 15 is 0 Å². The summed E-state index contributed by atoms with van der Waals surface area (Å²) in [5.41, 5.74) is 7.61. The Bertz CT molecular complexity index is 515. The Balaban J connectivity index is 2.62. The molecule has 0 atom stereocenters. The van der Waals surface area contributed by atoms with Crippen molar-refractivity contribution in [3.8, 4) is 5.82 Å². The van der Waals surface area contributed by atoms with Gasteiger partial charge in [-0.1, -0.05) is 6.07 Å². The van der Waals surface area contributed by atoms with Crippen LogP contribution in [-0.4, -0.2) is 19.7 Å². The number of hydrogen-bond donors (Lipinski definition) is 1. The lowest BCUT2D eigenvalue weighted by atomic mass is 10.2. The van der Waals surface area contributed by atoms with E-state index in [1.807, 2.05) is 32.9 Å². The van der Waals surface area contributed by atoms with Crippen LogP contribution in [-0.2, 0) is 6.54 Å². The lowest BCUT2D eigenvalue weighted by Gasteiger charge is -2.08. The molecule has 0 saturated carbocycles. The maximum absolute atomic E-state index is 5.69. The second-order valence-electron chi connectivity index (χ2n) is 3.76. The third-order valence-corrected chi connectivity index (χ3v) is 2.39. The maximum atomic E-state index is 5.69. The van der Waals surface area contributed by atoms with Crippen LogP contribution in [0.25, 0.3) is 5.82 Å². The molecule has 2 aromatic rings. The van der Waals surface area contributed by atoms with Gasteiger partial charge in [-0.3, -0.25) is 0 Å². The van der Waals surface area contributed by atoms with Crippen molar-refractivity contribution in [3.63, 3.8) is 0 Å². The fraction of sp³-hybridized carbons (Fsp3) is 0.364. The van der Waals surface area contributed by atoms with Crippen LogP contribution in [0, 0.1) is 20.8 Å². The summed E-state index contributed by atoms with van der Waals surface area (Å²) in [6, 6.07) is 3.93. The van der Waals surface area contributed by atoms with E-state index in [2.05, 4.69) is 15.1 Å². The van der Waals surface area contributed by atoms with Gasteiger partial charge in [-0.2, -0.15) is 4.68 Å². The smallest absolute Gasteiger partial charge is 0.160 e. The summed E-state index contributed by atoms with van der Waals surface area (Å²) in [4.78, 5) is 8.73. The Morgan fingerprint density at radius 2 is 1.94 bits per heavy atom. The monoisotopic (exact) mass is 217 g/mol. The molecule has 16 heavy (non-hydrogen) atoms. The quantitative estimate of drug-likeness (QED) is 0.816. The summed E-state index contributed by atoms with van der Waals surface area (Å²) in [5, 5.41) is 4.32. The summed E-state index contributed by atoms with van der Waals surface area (Å²) < 4.78 is 1.74. The number of nitrogens with zero attached hydrogens (tertiary/aromatic N) is 4. The van der Waals surface area contributed by atoms with Crippen LogP contribution in [0.1, 0.15) is 22.9 Å². The SMILES string of the molecule is Cc1ccc(CN)c(-n2nc(C)nc2C)n1. The molecule has 0 fully saturated rings. The van der Waals surface area contributed by atoms with E-state index in [9.17, 15) is 0 Å². The summed E-state index contributed by atoms with van der Waals surface area (Å²) in [7, 11) is 0. The van der Waals surface area contributed by atoms with E-state index in [1.165, 1.54) is 0 Å². The van der Waals surface area contributed by atoms with Crippen molar-refractivity contribution < 1.29 is 0 Å². The Morgan fingerprint density at radius 1 is 1.19 bits per heavy atom.